The fourth-order valence-electron chi connectivity index (χ4n) is 4.94. The van der Waals surface area contributed by atoms with Gasteiger partial charge in [0.25, 0.3) is 0 Å². The Morgan fingerprint density at radius 3 is 2.68 bits per heavy atom. The number of nitrogens with zero attached hydrogens (tertiary/aromatic N) is 5. The average Bonchev–Trinajstić information content (AvgIpc) is 3.42. The number of imidazole rings is 1. The maximum atomic E-state index is 14.6. The number of aromatic nitrogens is 4. The van der Waals surface area contributed by atoms with Crippen molar-refractivity contribution in [3.8, 4) is 0 Å². The Kier molecular flexibility index (Phi) is 6.07. The molecule has 1 aliphatic carbocycles. The number of nitrogens with one attached hydrogen (secondary N) is 2. The first-order valence-corrected chi connectivity index (χ1v) is 11.9. The molecule has 2 aliphatic rings. The first-order valence-electron chi connectivity index (χ1n) is 11.9. The predicted octanol–water partition coefficient (Wildman–Crippen LogP) is 3.53. The lowest BCUT2D eigenvalue weighted by atomic mass is 9.93. The Bertz CT molecular complexity index is 1190. The number of fused-ring (bicyclic) bond motifs is 1. The van der Waals surface area contributed by atoms with E-state index in [9.17, 15) is 14.3 Å². The molecule has 1 atom stereocenters. The van der Waals surface area contributed by atoms with Crippen molar-refractivity contribution < 1.29 is 14.3 Å². The Labute approximate surface area is 197 Å². The van der Waals surface area contributed by atoms with Gasteiger partial charge in [-0.05, 0) is 50.7 Å². The van der Waals surface area contributed by atoms with Crippen LogP contribution in [-0.2, 0) is 4.79 Å². The van der Waals surface area contributed by atoms with E-state index in [1.54, 1.807) is 19.2 Å². The summed E-state index contributed by atoms with van der Waals surface area (Å²) in [5.74, 6) is 0.655. The molecule has 0 radical (unpaired) electrons. The molecule has 1 aliphatic heterocycles. The van der Waals surface area contributed by atoms with Gasteiger partial charge >= 0.3 is 0 Å². The van der Waals surface area contributed by atoms with Crippen molar-refractivity contribution in [3.05, 3.63) is 35.8 Å². The summed E-state index contributed by atoms with van der Waals surface area (Å²) in [5, 5.41) is 16.4. The molecule has 1 saturated heterocycles. The molecule has 34 heavy (non-hydrogen) atoms. The van der Waals surface area contributed by atoms with Crippen LogP contribution in [0.2, 0.25) is 0 Å². The van der Waals surface area contributed by atoms with Crippen molar-refractivity contribution >= 4 is 34.7 Å². The summed E-state index contributed by atoms with van der Waals surface area (Å²) in [6.07, 6.45) is 5.44. The molecule has 9 nitrogen and oxygen atoms in total. The third-order valence-corrected chi connectivity index (χ3v) is 6.90. The minimum atomic E-state index is -0.358. The number of aryl methyl sites for hydroxylation is 1. The van der Waals surface area contributed by atoms with Crippen LogP contribution in [0.5, 0.6) is 0 Å². The van der Waals surface area contributed by atoms with Crippen LogP contribution in [0.1, 0.15) is 50.6 Å². The molecule has 180 valence electrons. The lowest BCUT2D eigenvalue weighted by Gasteiger charge is -2.26. The molecule has 1 saturated carbocycles. The van der Waals surface area contributed by atoms with Crippen LogP contribution in [0.25, 0.3) is 11.2 Å². The molecular formula is C24H30FN7O2. The summed E-state index contributed by atoms with van der Waals surface area (Å²) >= 11 is 0. The number of amides is 1. The number of anilines is 3. The highest BCUT2D eigenvalue weighted by Gasteiger charge is 2.30. The Morgan fingerprint density at radius 2 is 1.97 bits per heavy atom. The van der Waals surface area contributed by atoms with Crippen LogP contribution in [0.15, 0.2) is 24.4 Å². The van der Waals surface area contributed by atoms with Crippen molar-refractivity contribution in [1.82, 2.24) is 24.4 Å². The van der Waals surface area contributed by atoms with Crippen LogP contribution in [0.3, 0.4) is 0 Å². The number of aliphatic hydroxyl groups excluding tert-OH is 1. The Balaban J connectivity index is 1.52. The highest BCUT2D eigenvalue weighted by atomic mass is 19.1. The van der Waals surface area contributed by atoms with Gasteiger partial charge in [-0.3, -0.25) is 9.36 Å². The maximum Gasteiger partial charge on any atom is 0.224 e. The second kappa shape index (κ2) is 9.17. The standard InChI is InChI=1S/C24H30FN7O2/c1-14-4-3-5-19(25)21(14)29-24-28-20-12-26-23(27-16-6-8-18(34)9-7-16)30-22(20)32(24)17-10-11-31(13-17)15(2)33/h3-5,12,16-18,34H,6-11,13H2,1-2H3,(H,28,29)(H,26,27,30). The molecule has 0 spiro atoms. The number of rotatable bonds is 5. The highest BCUT2D eigenvalue weighted by molar-refractivity contribution is 5.77. The number of aliphatic hydroxyl groups is 1. The minimum Gasteiger partial charge on any atom is -0.393 e. The van der Waals surface area contributed by atoms with Crippen LogP contribution < -0.4 is 10.6 Å². The molecule has 5 rings (SSSR count). The molecule has 1 amide bonds. The molecule has 3 heterocycles. The van der Waals surface area contributed by atoms with Gasteiger partial charge in [-0.2, -0.15) is 4.98 Å². The SMILES string of the molecule is CC(=O)N1CCC(n2c(Nc3c(C)cccc3F)nc3cnc(NC4CCC(O)CC4)nc32)C1. The summed E-state index contributed by atoms with van der Waals surface area (Å²) in [4.78, 5) is 27.7. The van der Waals surface area contributed by atoms with E-state index in [-0.39, 0.29) is 29.9 Å². The zero-order valence-electron chi connectivity index (χ0n) is 19.5. The monoisotopic (exact) mass is 467 g/mol. The van der Waals surface area contributed by atoms with Crippen LogP contribution in [0, 0.1) is 12.7 Å². The van der Waals surface area contributed by atoms with E-state index in [4.69, 9.17) is 9.97 Å². The first kappa shape index (κ1) is 22.5. The van der Waals surface area contributed by atoms with Gasteiger partial charge < -0.3 is 20.6 Å². The lowest BCUT2D eigenvalue weighted by Crippen LogP contribution is -2.29. The molecule has 0 bridgehead atoms. The second-order valence-electron chi connectivity index (χ2n) is 9.32. The largest absolute Gasteiger partial charge is 0.393 e. The summed E-state index contributed by atoms with van der Waals surface area (Å²) in [5.41, 5.74) is 2.37. The van der Waals surface area contributed by atoms with Gasteiger partial charge in [0.1, 0.15) is 11.3 Å². The minimum absolute atomic E-state index is 0.0304. The number of para-hydroxylation sites is 1. The summed E-state index contributed by atoms with van der Waals surface area (Å²) in [6.45, 7) is 4.60. The number of halogens is 1. The zero-order chi connectivity index (χ0) is 23.8. The third-order valence-electron chi connectivity index (χ3n) is 6.90. The Morgan fingerprint density at radius 1 is 1.18 bits per heavy atom. The molecule has 1 unspecified atom stereocenters. The molecule has 3 aromatic rings. The summed E-state index contributed by atoms with van der Waals surface area (Å²) in [6, 6.07) is 5.09. The van der Waals surface area contributed by atoms with Crippen LogP contribution in [0.4, 0.5) is 22.0 Å². The fourth-order valence-corrected chi connectivity index (χ4v) is 4.94. The van der Waals surface area contributed by atoms with E-state index in [1.165, 1.54) is 6.07 Å². The van der Waals surface area contributed by atoms with Gasteiger partial charge in [0.2, 0.25) is 17.8 Å². The molecule has 2 fully saturated rings. The number of carbonyl (C=O) groups is 1. The van der Waals surface area contributed by atoms with E-state index in [0.29, 0.717) is 41.8 Å². The van der Waals surface area contributed by atoms with E-state index in [2.05, 4.69) is 15.6 Å². The smallest absolute Gasteiger partial charge is 0.224 e. The zero-order valence-corrected chi connectivity index (χ0v) is 19.5. The van der Waals surface area contributed by atoms with Crippen LogP contribution >= 0.6 is 0 Å². The molecule has 1 aromatic carbocycles. The molecule has 2 aromatic heterocycles. The van der Waals surface area contributed by atoms with Gasteiger partial charge in [0.15, 0.2) is 5.65 Å². The van der Waals surface area contributed by atoms with E-state index < -0.39 is 0 Å². The van der Waals surface area contributed by atoms with Gasteiger partial charge in [-0.1, -0.05) is 12.1 Å². The fraction of sp³-hybridized carbons (Fsp3) is 0.500. The van der Waals surface area contributed by atoms with Gasteiger partial charge in [0.05, 0.1) is 24.0 Å². The van der Waals surface area contributed by atoms with Gasteiger partial charge in [-0.25, -0.2) is 14.4 Å². The predicted molar refractivity (Wildman–Crippen MR) is 128 cm³/mol. The topological polar surface area (TPSA) is 108 Å². The van der Waals surface area contributed by atoms with Crippen molar-refractivity contribution in [2.45, 2.75) is 64.1 Å². The quantitative estimate of drug-likeness (QED) is 0.527. The highest BCUT2D eigenvalue weighted by Crippen LogP contribution is 2.33. The van der Waals surface area contributed by atoms with E-state index in [0.717, 1.165) is 37.7 Å². The van der Waals surface area contributed by atoms with E-state index in [1.807, 2.05) is 22.5 Å². The van der Waals surface area contributed by atoms with Crippen molar-refractivity contribution in [2.24, 2.45) is 0 Å². The third kappa shape index (κ3) is 4.42. The van der Waals surface area contributed by atoms with Crippen molar-refractivity contribution in [3.63, 3.8) is 0 Å². The molecule has 3 N–H and O–H groups in total. The van der Waals surface area contributed by atoms with Gasteiger partial charge in [-0.15, -0.1) is 0 Å². The second-order valence-corrected chi connectivity index (χ2v) is 9.32. The number of hydrogen-bond acceptors (Lipinski definition) is 7. The van der Waals surface area contributed by atoms with Crippen molar-refractivity contribution in [1.29, 1.82) is 0 Å². The first-order chi connectivity index (χ1) is 16.4. The van der Waals surface area contributed by atoms with Crippen LogP contribution in [-0.4, -0.2) is 60.7 Å². The normalized spacial score (nSPS) is 22.8. The van der Waals surface area contributed by atoms with E-state index >= 15 is 0 Å². The molecule has 10 heteroatoms. The Hall–Kier alpha value is -3.27. The number of likely N-dealkylation sites (tertiary alicyclic amines) is 1. The maximum absolute atomic E-state index is 14.6. The summed E-state index contributed by atoms with van der Waals surface area (Å²) < 4.78 is 16.6. The number of hydrogen-bond donors (Lipinski definition) is 3. The summed E-state index contributed by atoms with van der Waals surface area (Å²) in [7, 11) is 0. The molecular weight excluding hydrogens is 437 g/mol. The number of benzene rings is 1. The van der Waals surface area contributed by atoms with Crippen molar-refractivity contribution in [2.75, 3.05) is 23.7 Å². The number of carbonyl (C=O) groups excluding carboxylic acids is 1. The van der Waals surface area contributed by atoms with Gasteiger partial charge in [0, 0.05) is 26.1 Å². The average molecular weight is 468 g/mol. The lowest BCUT2D eigenvalue weighted by molar-refractivity contribution is -0.127.